The molecule has 0 spiro atoms. The van der Waals surface area contributed by atoms with Crippen molar-refractivity contribution in [1.82, 2.24) is 20.2 Å². The van der Waals surface area contributed by atoms with Gasteiger partial charge in [0.15, 0.2) is 5.16 Å². The number of nitrogens with one attached hydrogen (secondary N) is 1. The van der Waals surface area contributed by atoms with Crippen molar-refractivity contribution in [3.63, 3.8) is 0 Å². The first-order chi connectivity index (χ1) is 7.29. The lowest BCUT2D eigenvalue weighted by molar-refractivity contribution is 0.959. The van der Waals surface area contributed by atoms with E-state index in [1.807, 2.05) is 6.26 Å². The van der Waals surface area contributed by atoms with Gasteiger partial charge in [-0.3, -0.25) is 4.79 Å². The van der Waals surface area contributed by atoms with Crippen molar-refractivity contribution < 1.29 is 0 Å². The summed E-state index contributed by atoms with van der Waals surface area (Å²) in [6.45, 7) is 0. The van der Waals surface area contributed by atoms with Crippen LogP contribution in [0.3, 0.4) is 0 Å². The van der Waals surface area contributed by atoms with Crippen molar-refractivity contribution in [2.45, 2.75) is 5.16 Å². The molecular formula is C9H8N4OS. The fraction of sp³-hybridized carbons (Fsp3) is 0.111. The third kappa shape index (κ3) is 2.21. The molecule has 6 heteroatoms. The summed E-state index contributed by atoms with van der Waals surface area (Å²) >= 11 is 1.45. The summed E-state index contributed by atoms with van der Waals surface area (Å²) in [4.78, 5) is 19.4. The van der Waals surface area contributed by atoms with E-state index in [0.29, 0.717) is 16.4 Å². The van der Waals surface area contributed by atoms with Gasteiger partial charge in [0.25, 0.3) is 5.56 Å². The van der Waals surface area contributed by atoms with Crippen LogP contribution in [0, 0.1) is 0 Å². The number of hydrogen-bond acceptors (Lipinski definition) is 5. The molecule has 0 amide bonds. The fourth-order valence-electron chi connectivity index (χ4n) is 1.12. The highest BCUT2D eigenvalue weighted by molar-refractivity contribution is 7.98. The second kappa shape index (κ2) is 4.22. The zero-order chi connectivity index (χ0) is 10.7. The molecule has 0 fully saturated rings. The number of thioether (sulfide) groups is 1. The SMILES string of the molecule is CSc1nccc(-c2cn[nH]c(=O)c2)n1. The molecule has 0 saturated carbocycles. The van der Waals surface area contributed by atoms with Crippen LogP contribution >= 0.6 is 11.8 Å². The van der Waals surface area contributed by atoms with E-state index in [0.717, 1.165) is 0 Å². The summed E-state index contributed by atoms with van der Waals surface area (Å²) in [6.07, 6.45) is 5.12. The Bertz CT molecular complexity index is 525. The topological polar surface area (TPSA) is 71.5 Å². The molecule has 0 saturated heterocycles. The largest absolute Gasteiger partial charge is 0.268 e. The molecule has 0 bridgehead atoms. The van der Waals surface area contributed by atoms with Crippen molar-refractivity contribution in [2.24, 2.45) is 0 Å². The molecule has 0 aromatic carbocycles. The van der Waals surface area contributed by atoms with Gasteiger partial charge in [0.2, 0.25) is 0 Å². The van der Waals surface area contributed by atoms with E-state index in [1.54, 1.807) is 18.5 Å². The average molecular weight is 220 g/mol. The second-order valence-electron chi connectivity index (χ2n) is 2.76. The zero-order valence-corrected chi connectivity index (χ0v) is 8.78. The van der Waals surface area contributed by atoms with Crippen molar-refractivity contribution in [1.29, 1.82) is 0 Å². The molecule has 15 heavy (non-hydrogen) atoms. The van der Waals surface area contributed by atoms with Gasteiger partial charge in [0, 0.05) is 17.8 Å². The van der Waals surface area contributed by atoms with Gasteiger partial charge in [-0.2, -0.15) is 5.10 Å². The van der Waals surface area contributed by atoms with Crippen LogP contribution in [0.15, 0.2) is 34.5 Å². The molecule has 0 radical (unpaired) electrons. The predicted octanol–water partition coefficient (Wildman–Crippen LogP) is 0.949. The summed E-state index contributed by atoms with van der Waals surface area (Å²) in [5.74, 6) is 0. The van der Waals surface area contributed by atoms with E-state index >= 15 is 0 Å². The van der Waals surface area contributed by atoms with Gasteiger partial charge in [-0.1, -0.05) is 11.8 Å². The normalized spacial score (nSPS) is 10.2. The molecule has 0 unspecified atom stereocenters. The van der Waals surface area contributed by atoms with Gasteiger partial charge < -0.3 is 0 Å². The Morgan fingerprint density at radius 3 is 3.07 bits per heavy atom. The second-order valence-corrected chi connectivity index (χ2v) is 3.54. The summed E-state index contributed by atoms with van der Waals surface area (Å²) in [7, 11) is 0. The highest BCUT2D eigenvalue weighted by atomic mass is 32.2. The molecule has 76 valence electrons. The number of rotatable bonds is 2. The quantitative estimate of drug-likeness (QED) is 0.602. The minimum atomic E-state index is -0.239. The maximum absolute atomic E-state index is 11.1. The maximum atomic E-state index is 11.1. The molecule has 2 aromatic rings. The molecule has 2 heterocycles. The summed E-state index contributed by atoms with van der Waals surface area (Å²) in [6, 6.07) is 3.20. The predicted molar refractivity (Wildman–Crippen MR) is 57.7 cm³/mol. The summed E-state index contributed by atoms with van der Waals surface area (Å²) < 4.78 is 0. The number of aromatic nitrogens is 4. The monoisotopic (exact) mass is 220 g/mol. The number of aromatic amines is 1. The Kier molecular flexibility index (Phi) is 2.77. The lowest BCUT2D eigenvalue weighted by Crippen LogP contribution is -2.06. The van der Waals surface area contributed by atoms with Crippen molar-refractivity contribution in [2.75, 3.05) is 6.26 Å². The van der Waals surface area contributed by atoms with E-state index in [9.17, 15) is 4.79 Å². The molecule has 0 aliphatic heterocycles. The summed E-state index contributed by atoms with van der Waals surface area (Å²) in [5, 5.41) is 6.70. The lowest BCUT2D eigenvalue weighted by atomic mass is 10.2. The number of H-pyrrole nitrogens is 1. The highest BCUT2D eigenvalue weighted by Gasteiger charge is 2.02. The Labute approximate surface area is 90.0 Å². The van der Waals surface area contributed by atoms with Crippen LogP contribution < -0.4 is 5.56 Å². The smallest absolute Gasteiger partial charge is 0.264 e. The van der Waals surface area contributed by atoms with E-state index in [-0.39, 0.29) is 5.56 Å². The van der Waals surface area contributed by atoms with Gasteiger partial charge in [-0.05, 0) is 12.3 Å². The molecular weight excluding hydrogens is 212 g/mol. The fourth-order valence-corrected chi connectivity index (χ4v) is 1.47. The van der Waals surface area contributed by atoms with Gasteiger partial charge in [0.05, 0.1) is 11.9 Å². The summed E-state index contributed by atoms with van der Waals surface area (Å²) in [5.41, 5.74) is 1.15. The molecule has 0 atom stereocenters. The minimum Gasteiger partial charge on any atom is -0.268 e. The first kappa shape index (κ1) is 9.85. The minimum absolute atomic E-state index is 0.239. The Balaban J connectivity index is 2.49. The van der Waals surface area contributed by atoms with Crippen LogP contribution in [-0.4, -0.2) is 26.4 Å². The van der Waals surface area contributed by atoms with Gasteiger partial charge in [-0.15, -0.1) is 0 Å². The molecule has 0 aliphatic carbocycles. The van der Waals surface area contributed by atoms with E-state index in [1.165, 1.54) is 17.8 Å². The van der Waals surface area contributed by atoms with Crippen LogP contribution in [-0.2, 0) is 0 Å². The van der Waals surface area contributed by atoms with Gasteiger partial charge in [0.1, 0.15) is 0 Å². The van der Waals surface area contributed by atoms with Crippen molar-refractivity contribution in [3.8, 4) is 11.3 Å². The van der Waals surface area contributed by atoms with Crippen molar-refractivity contribution in [3.05, 3.63) is 34.9 Å². The average Bonchev–Trinajstić information content (AvgIpc) is 2.29. The third-order valence-electron chi connectivity index (χ3n) is 1.78. The molecule has 5 nitrogen and oxygen atoms in total. The Morgan fingerprint density at radius 1 is 1.47 bits per heavy atom. The lowest BCUT2D eigenvalue weighted by Gasteiger charge is -2.00. The third-order valence-corrected chi connectivity index (χ3v) is 2.34. The van der Waals surface area contributed by atoms with Crippen molar-refractivity contribution >= 4 is 11.8 Å². The van der Waals surface area contributed by atoms with E-state index in [4.69, 9.17) is 0 Å². The maximum Gasteiger partial charge on any atom is 0.264 e. The standard InChI is InChI=1S/C9H8N4OS/c1-15-9-10-3-2-7(12-9)6-4-8(14)13-11-5-6/h2-5H,1H3,(H,13,14). The zero-order valence-electron chi connectivity index (χ0n) is 7.97. The van der Waals surface area contributed by atoms with Crippen LogP contribution in [0.2, 0.25) is 0 Å². The number of hydrogen-bond donors (Lipinski definition) is 1. The molecule has 2 rings (SSSR count). The molecule has 2 aromatic heterocycles. The molecule has 0 aliphatic rings. The highest BCUT2D eigenvalue weighted by Crippen LogP contribution is 2.16. The van der Waals surface area contributed by atoms with E-state index in [2.05, 4.69) is 20.2 Å². The number of nitrogens with zero attached hydrogens (tertiary/aromatic N) is 3. The Hall–Kier alpha value is -1.69. The van der Waals surface area contributed by atoms with Crippen LogP contribution in [0.5, 0.6) is 0 Å². The van der Waals surface area contributed by atoms with Crippen LogP contribution in [0.1, 0.15) is 0 Å². The Morgan fingerprint density at radius 2 is 2.33 bits per heavy atom. The first-order valence-corrected chi connectivity index (χ1v) is 5.44. The van der Waals surface area contributed by atoms with Crippen LogP contribution in [0.25, 0.3) is 11.3 Å². The van der Waals surface area contributed by atoms with Gasteiger partial charge >= 0.3 is 0 Å². The van der Waals surface area contributed by atoms with Gasteiger partial charge in [-0.25, -0.2) is 15.1 Å². The van der Waals surface area contributed by atoms with Crippen LogP contribution in [0.4, 0.5) is 0 Å². The molecule has 1 N–H and O–H groups in total. The first-order valence-electron chi connectivity index (χ1n) is 4.22. The van der Waals surface area contributed by atoms with E-state index < -0.39 is 0 Å².